The van der Waals surface area contributed by atoms with Gasteiger partial charge in [-0.05, 0) is 43.4 Å². The van der Waals surface area contributed by atoms with Crippen LogP contribution in [0.5, 0.6) is 0 Å². The highest BCUT2D eigenvalue weighted by Crippen LogP contribution is 2.45. The van der Waals surface area contributed by atoms with Crippen molar-refractivity contribution in [3.05, 3.63) is 0 Å². The van der Waals surface area contributed by atoms with Gasteiger partial charge in [0.15, 0.2) is 12.2 Å². The van der Waals surface area contributed by atoms with Gasteiger partial charge in [0.1, 0.15) is 19.3 Å². The molecule has 102 heavy (non-hydrogen) atoms. The number of ether oxygens (including phenoxy) is 4. The maximum atomic E-state index is 13.1. The van der Waals surface area contributed by atoms with Crippen molar-refractivity contribution in [3.63, 3.8) is 0 Å². The highest BCUT2D eigenvalue weighted by Gasteiger charge is 2.30. The van der Waals surface area contributed by atoms with Gasteiger partial charge in [0.2, 0.25) is 0 Å². The number of esters is 4. The quantitative estimate of drug-likeness (QED) is 0.0222. The van der Waals surface area contributed by atoms with Crippen molar-refractivity contribution in [2.24, 2.45) is 17.8 Å². The standard InChI is InChI=1S/C83H162O17P2/c1-8-9-10-11-12-13-26-36-43-50-57-64-80(85)93-70-78(99-83(88)67-60-53-46-39-32-25-19-22-29-35-42-49-56-63-76(6)7)72-97-101(89,90)95-68-77(84)69-96-102(91,92)98-73-79(71-94-81(86)65-58-51-44-37-30-24-18-21-28-34-41-48-55-62-75(4)5)100-82(87)66-59-52-45-38-31-23-17-15-14-16-20-27-33-40-47-54-61-74(2)3/h74-79,84H,8-73H2,1-7H3,(H,89,90)(H,91,92)/t77-,78+,79+/m0/s1. The van der Waals surface area contributed by atoms with E-state index in [9.17, 15) is 43.2 Å². The zero-order chi connectivity index (χ0) is 75.1. The van der Waals surface area contributed by atoms with Crippen LogP contribution in [0.2, 0.25) is 0 Å². The van der Waals surface area contributed by atoms with Crippen LogP contribution in [0.25, 0.3) is 0 Å². The Kier molecular flexibility index (Phi) is 71.8. The van der Waals surface area contributed by atoms with Crippen LogP contribution >= 0.6 is 15.6 Å². The van der Waals surface area contributed by atoms with Crippen molar-refractivity contribution in [3.8, 4) is 0 Å². The van der Waals surface area contributed by atoms with Crippen LogP contribution in [0.4, 0.5) is 0 Å². The summed E-state index contributed by atoms with van der Waals surface area (Å²) in [5.41, 5.74) is 0. The van der Waals surface area contributed by atoms with E-state index in [0.29, 0.717) is 25.7 Å². The fraction of sp³-hybridized carbons (Fsp3) is 0.952. The van der Waals surface area contributed by atoms with E-state index in [1.807, 2.05) is 0 Å². The highest BCUT2D eigenvalue weighted by molar-refractivity contribution is 7.47. The summed E-state index contributed by atoms with van der Waals surface area (Å²) >= 11 is 0. The van der Waals surface area contributed by atoms with E-state index in [4.69, 9.17) is 37.0 Å². The number of aliphatic hydroxyl groups is 1. The molecule has 0 radical (unpaired) electrons. The zero-order valence-corrected chi connectivity index (χ0v) is 68.9. The molecule has 0 saturated carbocycles. The Labute approximate surface area is 626 Å². The van der Waals surface area contributed by atoms with Crippen LogP contribution in [0.15, 0.2) is 0 Å². The second-order valence-electron chi connectivity index (χ2n) is 31.3. The smallest absolute Gasteiger partial charge is 0.462 e. The topological polar surface area (TPSA) is 237 Å². The molecule has 2 unspecified atom stereocenters. The first kappa shape index (κ1) is 100. The zero-order valence-electron chi connectivity index (χ0n) is 67.1. The first-order valence-electron chi connectivity index (χ1n) is 42.8. The van der Waals surface area contributed by atoms with Crippen LogP contribution in [-0.2, 0) is 65.4 Å². The summed E-state index contributed by atoms with van der Waals surface area (Å²) < 4.78 is 68.8. The molecule has 17 nitrogen and oxygen atoms in total. The average molecular weight is 1490 g/mol. The molecule has 0 aromatic carbocycles. The summed E-state index contributed by atoms with van der Waals surface area (Å²) in [5.74, 6) is 0.281. The van der Waals surface area contributed by atoms with E-state index in [0.717, 1.165) is 108 Å². The number of carbonyl (C=O) groups is 4. The minimum absolute atomic E-state index is 0.107. The number of rotatable bonds is 81. The Morgan fingerprint density at radius 2 is 0.451 bits per heavy atom. The fourth-order valence-electron chi connectivity index (χ4n) is 12.8. The predicted octanol–water partition coefficient (Wildman–Crippen LogP) is 24.9. The van der Waals surface area contributed by atoms with Gasteiger partial charge in [0.25, 0.3) is 0 Å². The maximum absolute atomic E-state index is 13.1. The van der Waals surface area contributed by atoms with E-state index in [1.54, 1.807) is 0 Å². The molecule has 0 spiro atoms. The van der Waals surface area contributed by atoms with Gasteiger partial charge in [-0.25, -0.2) is 9.13 Å². The molecule has 0 heterocycles. The van der Waals surface area contributed by atoms with Crippen LogP contribution in [0.1, 0.15) is 434 Å². The van der Waals surface area contributed by atoms with Crippen molar-refractivity contribution < 1.29 is 80.2 Å². The van der Waals surface area contributed by atoms with Crippen molar-refractivity contribution in [2.45, 2.75) is 452 Å². The number of unbranched alkanes of at least 4 members (excludes halogenated alkanes) is 49. The third-order valence-corrected chi connectivity index (χ3v) is 21.3. The van der Waals surface area contributed by atoms with Gasteiger partial charge in [-0.2, -0.15) is 0 Å². The summed E-state index contributed by atoms with van der Waals surface area (Å²) in [7, 11) is -9.92. The molecule has 0 aliphatic rings. The Bertz CT molecular complexity index is 1970. The average Bonchev–Trinajstić information content (AvgIpc) is 0.943. The summed E-state index contributed by atoms with van der Waals surface area (Å²) in [6, 6.07) is 0. The SMILES string of the molecule is CCCCCCCCCCCCCC(=O)OC[C@H](COP(=O)(O)OC[C@H](O)COP(=O)(O)OC[C@@H](COC(=O)CCCCCCCCCCCCCCCC(C)C)OC(=O)CCCCCCCCCCCCCCCCCCC(C)C)OC(=O)CCCCCCCCCCCCCCCC(C)C. The molecule has 0 rings (SSSR count). The molecule has 0 bridgehead atoms. The Balaban J connectivity index is 5.25. The van der Waals surface area contributed by atoms with Crippen molar-refractivity contribution in [2.75, 3.05) is 39.6 Å². The van der Waals surface area contributed by atoms with Gasteiger partial charge in [0, 0.05) is 25.7 Å². The van der Waals surface area contributed by atoms with E-state index >= 15 is 0 Å². The normalized spacial score (nSPS) is 13.9. The third-order valence-electron chi connectivity index (χ3n) is 19.4. The lowest BCUT2D eigenvalue weighted by molar-refractivity contribution is -0.161. The molecule has 5 atom stereocenters. The molecule has 0 saturated heterocycles. The summed E-state index contributed by atoms with van der Waals surface area (Å²) in [6.07, 6.45) is 62.3. The first-order chi connectivity index (χ1) is 49.2. The van der Waals surface area contributed by atoms with Gasteiger partial charge in [-0.3, -0.25) is 37.3 Å². The summed E-state index contributed by atoms with van der Waals surface area (Å²) in [4.78, 5) is 73.1. The number of phosphoric acid groups is 2. The lowest BCUT2D eigenvalue weighted by atomic mass is 10.0. The lowest BCUT2D eigenvalue weighted by Gasteiger charge is -2.21. The van der Waals surface area contributed by atoms with Crippen LogP contribution in [0.3, 0.4) is 0 Å². The van der Waals surface area contributed by atoms with E-state index < -0.39 is 97.5 Å². The van der Waals surface area contributed by atoms with Gasteiger partial charge in [0.05, 0.1) is 26.4 Å². The van der Waals surface area contributed by atoms with Gasteiger partial charge < -0.3 is 33.8 Å². The molecule has 0 fully saturated rings. The van der Waals surface area contributed by atoms with Gasteiger partial charge in [-0.15, -0.1) is 0 Å². The van der Waals surface area contributed by atoms with Crippen molar-refractivity contribution in [1.29, 1.82) is 0 Å². The Morgan fingerprint density at radius 1 is 0.265 bits per heavy atom. The molecule has 3 N–H and O–H groups in total. The number of carbonyl (C=O) groups excluding carboxylic acids is 4. The van der Waals surface area contributed by atoms with E-state index in [-0.39, 0.29) is 25.7 Å². The summed E-state index contributed by atoms with van der Waals surface area (Å²) in [5, 5.41) is 10.7. The molecule has 19 heteroatoms. The molecular formula is C83H162O17P2. The molecule has 0 aromatic rings. The Morgan fingerprint density at radius 3 is 0.667 bits per heavy atom. The molecule has 0 aliphatic heterocycles. The van der Waals surface area contributed by atoms with E-state index in [1.165, 1.54) is 244 Å². The van der Waals surface area contributed by atoms with Gasteiger partial charge >= 0.3 is 39.5 Å². The predicted molar refractivity (Wildman–Crippen MR) is 418 cm³/mol. The fourth-order valence-corrected chi connectivity index (χ4v) is 14.4. The second-order valence-corrected chi connectivity index (χ2v) is 34.2. The minimum Gasteiger partial charge on any atom is -0.462 e. The third kappa shape index (κ3) is 76.3. The maximum Gasteiger partial charge on any atom is 0.472 e. The van der Waals surface area contributed by atoms with Crippen LogP contribution < -0.4 is 0 Å². The molecule has 0 aromatic heterocycles. The minimum atomic E-state index is -4.96. The number of aliphatic hydroxyl groups excluding tert-OH is 1. The number of hydrogen-bond acceptors (Lipinski definition) is 15. The summed E-state index contributed by atoms with van der Waals surface area (Å²) in [6.45, 7) is 12.0. The molecule has 0 aliphatic carbocycles. The lowest BCUT2D eigenvalue weighted by Crippen LogP contribution is -2.30. The monoisotopic (exact) mass is 1490 g/mol. The van der Waals surface area contributed by atoms with Crippen molar-refractivity contribution in [1.82, 2.24) is 0 Å². The van der Waals surface area contributed by atoms with Crippen LogP contribution in [0, 0.1) is 17.8 Å². The highest BCUT2D eigenvalue weighted by atomic mass is 31.2. The molecular weight excluding hydrogens is 1330 g/mol. The largest absolute Gasteiger partial charge is 0.472 e. The van der Waals surface area contributed by atoms with Crippen LogP contribution in [-0.4, -0.2) is 96.7 Å². The number of phosphoric ester groups is 2. The molecule has 606 valence electrons. The first-order valence-corrected chi connectivity index (χ1v) is 45.8. The second kappa shape index (κ2) is 73.2. The number of hydrogen-bond donors (Lipinski definition) is 3. The van der Waals surface area contributed by atoms with E-state index in [2.05, 4.69) is 48.5 Å². The van der Waals surface area contributed by atoms with Crippen molar-refractivity contribution >= 4 is 39.5 Å². The van der Waals surface area contributed by atoms with Gasteiger partial charge in [-0.1, -0.05) is 382 Å². The Hall–Kier alpha value is -1.94. The molecule has 0 amide bonds.